The van der Waals surface area contributed by atoms with Crippen LogP contribution in [0.2, 0.25) is 0 Å². The number of halogens is 4. The molecule has 10 heteroatoms. The molecule has 0 aliphatic heterocycles. The van der Waals surface area contributed by atoms with Gasteiger partial charge in [-0.25, -0.2) is 8.42 Å². The fraction of sp³-hybridized carbons (Fsp3) is 0.636. The summed E-state index contributed by atoms with van der Waals surface area (Å²) in [5.74, 6) is 0.328. The Bertz CT molecular complexity index is 572. The van der Waals surface area contributed by atoms with Gasteiger partial charge in [0.25, 0.3) is 0 Å². The van der Waals surface area contributed by atoms with Crippen molar-refractivity contribution in [1.82, 2.24) is 9.62 Å². The molecule has 1 aromatic rings. The van der Waals surface area contributed by atoms with Crippen LogP contribution in [-0.4, -0.2) is 39.0 Å². The maximum atomic E-state index is 12.3. The summed E-state index contributed by atoms with van der Waals surface area (Å²) in [4.78, 5) is -0.317. The van der Waals surface area contributed by atoms with E-state index in [1.54, 1.807) is 0 Å². The van der Waals surface area contributed by atoms with Crippen molar-refractivity contribution in [2.45, 2.75) is 31.0 Å². The van der Waals surface area contributed by atoms with Gasteiger partial charge in [-0.05, 0) is 28.9 Å². The molecule has 0 fully saturated rings. The topological polar surface area (TPSA) is 62.6 Å². The third kappa shape index (κ3) is 5.28. The molecular weight excluding hydrogens is 377 g/mol. The van der Waals surface area contributed by atoms with Gasteiger partial charge in [0.15, 0.2) is 4.67 Å². The number of hydrogen-bond donors (Lipinski definition) is 1. The van der Waals surface area contributed by atoms with Gasteiger partial charge in [-0.1, -0.05) is 6.92 Å². The second-order valence-electron chi connectivity index (χ2n) is 4.40. The minimum absolute atomic E-state index is 0.107. The highest BCUT2D eigenvalue weighted by Gasteiger charge is 2.36. The molecule has 0 unspecified atom stereocenters. The van der Waals surface area contributed by atoms with E-state index in [1.165, 1.54) is 6.07 Å². The van der Waals surface area contributed by atoms with E-state index in [2.05, 4.69) is 21.2 Å². The number of nitrogens with one attached hydrogen (secondary N) is 1. The minimum atomic E-state index is -4.61. The predicted octanol–water partition coefficient (Wildman–Crippen LogP) is 2.72. The van der Waals surface area contributed by atoms with Crippen LogP contribution in [0.4, 0.5) is 13.2 Å². The van der Waals surface area contributed by atoms with Gasteiger partial charge in [-0.2, -0.15) is 17.5 Å². The number of nitrogens with zero attached hydrogens (tertiary/aromatic N) is 1. The lowest BCUT2D eigenvalue weighted by Crippen LogP contribution is -2.35. The maximum absolute atomic E-state index is 12.3. The molecule has 21 heavy (non-hydrogen) atoms. The fourth-order valence-electron chi connectivity index (χ4n) is 1.55. The number of sulfonamides is 1. The molecule has 0 aliphatic rings. The second kappa shape index (κ2) is 7.12. The Hall–Kier alpha value is -0.580. The smallest absolute Gasteiger partial charge is 0.402 e. The first-order valence-electron chi connectivity index (χ1n) is 6.10. The molecule has 0 radical (unpaired) electrons. The van der Waals surface area contributed by atoms with E-state index in [-0.39, 0.29) is 13.9 Å². The third-order valence-corrected chi connectivity index (χ3v) is 5.18. The van der Waals surface area contributed by atoms with Gasteiger partial charge in [-0.15, -0.1) is 0 Å². The van der Waals surface area contributed by atoms with Gasteiger partial charge < -0.3 is 9.73 Å². The molecule has 0 saturated carbocycles. The van der Waals surface area contributed by atoms with E-state index < -0.39 is 22.7 Å². The van der Waals surface area contributed by atoms with Crippen LogP contribution in [0.5, 0.6) is 0 Å². The van der Waals surface area contributed by atoms with Crippen LogP contribution in [0.25, 0.3) is 0 Å². The first-order valence-corrected chi connectivity index (χ1v) is 8.33. The van der Waals surface area contributed by atoms with Crippen LogP contribution in [0, 0.1) is 0 Å². The van der Waals surface area contributed by atoms with E-state index in [1.807, 2.05) is 6.92 Å². The summed E-state index contributed by atoms with van der Waals surface area (Å²) >= 11 is 2.93. The van der Waals surface area contributed by atoms with E-state index in [0.717, 1.165) is 13.5 Å². The summed E-state index contributed by atoms with van der Waals surface area (Å²) in [5, 5.41) is 3.01. The van der Waals surface area contributed by atoms with Crippen molar-refractivity contribution in [2.75, 3.05) is 20.1 Å². The third-order valence-electron chi connectivity index (χ3n) is 2.52. The van der Waals surface area contributed by atoms with Gasteiger partial charge in [0.1, 0.15) is 17.2 Å². The van der Waals surface area contributed by atoms with Gasteiger partial charge >= 0.3 is 6.18 Å². The Morgan fingerprint density at radius 3 is 2.57 bits per heavy atom. The zero-order valence-electron chi connectivity index (χ0n) is 11.5. The quantitative estimate of drug-likeness (QED) is 0.724. The molecule has 0 aliphatic carbocycles. The van der Waals surface area contributed by atoms with Crippen molar-refractivity contribution < 1.29 is 26.0 Å². The second-order valence-corrected chi connectivity index (χ2v) is 7.14. The van der Waals surface area contributed by atoms with Crippen LogP contribution >= 0.6 is 15.9 Å². The average Bonchev–Trinajstić information content (AvgIpc) is 2.69. The Morgan fingerprint density at radius 2 is 2.05 bits per heavy atom. The van der Waals surface area contributed by atoms with Crippen molar-refractivity contribution in [1.29, 1.82) is 0 Å². The number of furan rings is 1. The first-order chi connectivity index (χ1) is 9.58. The Morgan fingerprint density at radius 1 is 1.43 bits per heavy atom. The molecule has 0 aromatic carbocycles. The molecule has 1 N–H and O–H groups in total. The Labute approximate surface area is 129 Å². The number of hydrogen-bond acceptors (Lipinski definition) is 4. The standard InChI is InChI=1S/C11H16BrF3N2O3S/c1-3-4-16-6-8-5-9(10(12)20-8)21(18,19)17(2)7-11(13,14)15/h5,16H,3-4,6-7H2,1-2H3. The maximum Gasteiger partial charge on any atom is 0.402 e. The monoisotopic (exact) mass is 392 g/mol. The van der Waals surface area contributed by atoms with Crippen LogP contribution in [0.1, 0.15) is 19.1 Å². The highest BCUT2D eigenvalue weighted by Crippen LogP contribution is 2.29. The molecule has 0 spiro atoms. The zero-order chi connectivity index (χ0) is 16.3. The van der Waals surface area contributed by atoms with Crippen molar-refractivity contribution in [3.05, 3.63) is 16.5 Å². The SMILES string of the molecule is CCCNCc1cc(S(=O)(=O)N(C)CC(F)(F)F)c(Br)o1. The summed E-state index contributed by atoms with van der Waals surface area (Å²) in [5.41, 5.74) is 0. The Balaban J connectivity index is 2.93. The van der Waals surface area contributed by atoms with E-state index >= 15 is 0 Å². The molecular formula is C11H16BrF3N2O3S. The van der Waals surface area contributed by atoms with Crippen molar-refractivity contribution in [2.24, 2.45) is 0 Å². The highest BCUT2D eigenvalue weighted by atomic mass is 79.9. The lowest BCUT2D eigenvalue weighted by molar-refractivity contribution is -0.134. The van der Waals surface area contributed by atoms with Crippen molar-refractivity contribution >= 4 is 26.0 Å². The normalized spacial score (nSPS) is 13.1. The number of rotatable bonds is 7. The summed E-state index contributed by atoms with van der Waals surface area (Å²) in [6.07, 6.45) is -3.72. The van der Waals surface area contributed by atoms with E-state index in [4.69, 9.17) is 4.42 Å². The lowest BCUT2D eigenvalue weighted by atomic mass is 10.4. The summed E-state index contributed by atoms with van der Waals surface area (Å²) in [6.45, 7) is 1.42. The molecule has 1 rings (SSSR count). The average molecular weight is 393 g/mol. The van der Waals surface area contributed by atoms with Gasteiger partial charge in [0.2, 0.25) is 10.0 Å². The van der Waals surface area contributed by atoms with E-state index in [0.29, 0.717) is 18.8 Å². The van der Waals surface area contributed by atoms with Gasteiger partial charge in [0.05, 0.1) is 6.54 Å². The molecule has 1 aromatic heterocycles. The van der Waals surface area contributed by atoms with Crippen LogP contribution < -0.4 is 5.32 Å². The lowest BCUT2D eigenvalue weighted by Gasteiger charge is -2.17. The summed E-state index contributed by atoms with van der Waals surface area (Å²) in [7, 11) is -3.40. The van der Waals surface area contributed by atoms with Crippen molar-refractivity contribution in [3.63, 3.8) is 0 Å². The molecule has 0 saturated heterocycles. The van der Waals surface area contributed by atoms with Crippen LogP contribution in [0.3, 0.4) is 0 Å². The summed E-state index contributed by atoms with van der Waals surface area (Å²) in [6, 6.07) is 1.22. The van der Waals surface area contributed by atoms with Crippen molar-refractivity contribution in [3.8, 4) is 0 Å². The molecule has 5 nitrogen and oxygen atoms in total. The first kappa shape index (κ1) is 18.5. The predicted molar refractivity (Wildman–Crippen MR) is 74.3 cm³/mol. The number of alkyl halides is 3. The van der Waals surface area contributed by atoms with Gasteiger partial charge in [-0.3, -0.25) is 0 Å². The zero-order valence-corrected chi connectivity index (χ0v) is 13.9. The molecule has 0 amide bonds. The highest BCUT2D eigenvalue weighted by molar-refractivity contribution is 9.10. The van der Waals surface area contributed by atoms with Crippen LogP contribution in [-0.2, 0) is 16.6 Å². The fourth-order valence-corrected chi connectivity index (χ4v) is 3.67. The van der Waals surface area contributed by atoms with Crippen LogP contribution in [0.15, 0.2) is 20.0 Å². The molecule has 0 atom stereocenters. The van der Waals surface area contributed by atoms with Gasteiger partial charge in [0, 0.05) is 13.1 Å². The largest absolute Gasteiger partial charge is 0.452 e. The Kier molecular flexibility index (Phi) is 6.26. The summed E-state index contributed by atoms with van der Waals surface area (Å²) < 4.78 is 66.4. The minimum Gasteiger partial charge on any atom is -0.452 e. The molecule has 1 heterocycles. The van der Waals surface area contributed by atoms with E-state index in [9.17, 15) is 21.6 Å². The molecule has 0 bridgehead atoms. The molecule has 122 valence electrons.